The summed E-state index contributed by atoms with van der Waals surface area (Å²) in [6.45, 7) is 0. The molecule has 0 atom stereocenters. The van der Waals surface area contributed by atoms with Gasteiger partial charge in [-0.25, -0.2) is 9.67 Å². The molecular weight excluding hydrogens is 333 g/mol. The molecule has 0 saturated heterocycles. The fraction of sp³-hybridized carbons (Fsp3) is 0.111. The summed E-state index contributed by atoms with van der Waals surface area (Å²) in [7, 11) is 0. The van der Waals surface area contributed by atoms with Crippen LogP contribution in [-0.4, -0.2) is 19.7 Å². The van der Waals surface area contributed by atoms with Gasteiger partial charge in [0.2, 0.25) is 5.82 Å². The fourth-order valence-electron chi connectivity index (χ4n) is 1.32. The zero-order valence-electron chi connectivity index (χ0n) is 8.93. The molecule has 0 N–H and O–H groups in total. The first-order valence-electron chi connectivity index (χ1n) is 4.71. The lowest BCUT2D eigenvalue weighted by Gasteiger charge is -2.03. The highest BCUT2D eigenvalue weighted by molar-refractivity contribution is 9.10. The van der Waals surface area contributed by atoms with Crippen LogP contribution in [0.3, 0.4) is 0 Å². The van der Waals surface area contributed by atoms with E-state index >= 15 is 0 Å². The molecule has 2 aromatic rings. The van der Waals surface area contributed by atoms with Crippen molar-refractivity contribution in [2.75, 3.05) is 0 Å². The van der Waals surface area contributed by atoms with Crippen LogP contribution in [0.15, 0.2) is 29.1 Å². The van der Waals surface area contributed by atoms with Crippen molar-refractivity contribution < 1.29 is 18.1 Å². The predicted octanol–water partition coefficient (Wildman–Crippen LogP) is 2.96. The molecule has 0 fully saturated rings. The molecule has 2 heterocycles. The summed E-state index contributed by atoms with van der Waals surface area (Å²) >= 11 is 3.00. The number of alkyl halides is 3. The molecule has 100 valence electrons. The van der Waals surface area contributed by atoms with Crippen molar-refractivity contribution >= 4 is 21.6 Å². The summed E-state index contributed by atoms with van der Waals surface area (Å²) in [5.74, 6) is -0.288. The third kappa shape index (κ3) is 2.72. The number of nitro groups is 1. The average Bonchev–Trinajstić information content (AvgIpc) is 2.77. The Balaban J connectivity index is 2.53. The monoisotopic (exact) mass is 336 g/mol. The Morgan fingerprint density at radius 2 is 2.05 bits per heavy atom. The molecule has 10 heteroatoms. The fourth-order valence-corrected chi connectivity index (χ4v) is 1.64. The molecular formula is C9H4BrF3N4O2. The van der Waals surface area contributed by atoms with E-state index in [1.807, 2.05) is 0 Å². The number of pyridine rings is 1. The molecule has 0 aromatic carbocycles. The van der Waals surface area contributed by atoms with E-state index in [2.05, 4.69) is 26.0 Å². The summed E-state index contributed by atoms with van der Waals surface area (Å²) in [4.78, 5) is 13.8. The van der Waals surface area contributed by atoms with Crippen molar-refractivity contribution in [3.05, 3.63) is 44.8 Å². The zero-order chi connectivity index (χ0) is 14.2. The van der Waals surface area contributed by atoms with E-state index in [9.17, 15) is 23.3 Å². The Morgan fingerprint density at radius 1 is 1.37 bits per heavy atom. The molecule has 0 aliphatic rings. The minimum atomic E-state index is -4.57. The second-order valence-electron chi connectivity index (χ2n) is 3.42. The Bertz CT molecular complexity index is 641. The maximum atomic E-state index is 12.4. The summed E-state index contributed by atoms with van der Waals surface area (Å²) in [6, 6.07) is 1.14. The molecule has 2 aromatic heterocycles. The molecule has 19 heavy (non-hydrogen) atoms. The first kappa shape index (κ1) is 13.5. The van der Waals surface area contributed by atoms with Crippen LogP contribution < -0.4 is 0 Å². The molecule has 2 rings (SSSR count). The van der Waals surface area contributed by atoms with Crippen molar-refractivity contribution in [3.8, 4) is 5.82 Å². The summed E-state index contributed by atoms with van der Waals surface area (Å²) in [6.07, 6.45) is -2.11. The number of rotatable bonds is 2. The summed E-state index contributed by atoms with van der Waals surface area (Å²) in [5.41, 5.74) is -1.46. The van der Waals surface area contributed by atoms with Gasteiger partial charge in [0.1, 0.15) is 0 Å². The second-order valence-corrected chi connectivity index (χ2v) is 4.34. The van der Waals surface area contributed by atoms with Gasteiger partial charge in [0.05, 0.1) is 16.7 Å². The third-order valence-corrected chi connectivity index (χ3v) is 2.57. The largest absolute Gasteiger partial charge is 0.419 e. The molecule has 0 saturated carbocycles. The third-order valence-electron chi connectivity index (χ3n) is 2.14. The molecule has 0 amide bonds. The van der Waals surface area contributed by atoms with Gasteiger partial charge in [0, 0.05) is 22.9 Å². The highest BCUT2D eigenvalue weighted by atomic mass is 79.9. The van der Waals surface area contributed by atoms with Gasteiger partial charge in [0.25, 0.3) is 0 Å². The van der Waals surface area contributed by atoms with Gasteiger partial charge in [-0.2, -0.15) is 18.3 Å². The van der Waals surface area contributed by atoms with Gasteiger partial charge in [-0.3, -0.25) is 10.1 Å². The standard InChI is InChI=1S/C9H4BrF3N4O2/c10-6-1-7(17(18)19)8(14-3-6)16-4-5(2-15-16)9(11,12)13/h1-4H. The molecule has 0 spiro atoms. The highest BCUT2D eigenvalue weighted by Gasteiger charge is 2.33. The van der Waals surface area contributed by atoms with E-state index in [0.29, 0.717) is 21.5 Å². The first-order valence-corrected chi connectivity index (χ1v) is 5.50. The molecule has 0 aliphatic carbocycles. The lowest BCUT2D eigenvalue weighted by atomic mass is 10.3. The van der Waals surface area contributed by atoms with Crippen LogP contribution in [0, 0.1) is 10.1 Å². The van der Waals surface area contributed by atoms with Gasteiger partial charge in [0.15, 0.2) is 0 Å². The van der Waals surface area contributed by atoms with E-state index in [1.165, 1.54) is 6.20 Å². The normalized spacial score (nSPS) is 11.6. The minimum Gasteiger partial charge on any atom is -0.258 e. The van der Waals surface area contributed by atoms with Crippen LogP contribution in [0.2, 0.25) is 0 Å². The number of nitrogens with zero attached hydrogens (tertiary/aromatic N) is 4. The van der Waals surface area contributed by atoms with Crippen molar-refractivity contribution in [1.82, 2.24) is 14.8 Å². The van der Waals surface area contributed by atoms with Crippen molar-refractivity contribution in [1.29, 1.82) is 0 Å². The molecule has 6 nitrogen and oxygen atoms in total. The Kier molecular flexibility index (Phi) is 3.27. The smallest absolute Gasteiger partial charge is 0.258 e. The van der Waals surface area contributed by atoms with E-state index < -0.39 is 22.4 Å². The molecule has 0 bridgehead atoms. The Hall–Kier alpha value is -1.97. The van der Waals surface area contributed by atoms with Crippen LogP contribution in [0.25, 0.3) is 5.82 Å². The zero-order valence-corrected chi connectivity index (χ0v) is 10.5. The minimum absolute atomic E-state index is 0.288. The van der Waals surface area contributed by atoms with E-state index in [1.54, 1.807) is 0 Å². The number of hydrogen-bond acceptors (Lipinski definition) is 4. The Morgan fingerprint density at radius 3 is 2.58 bits per heavy atom. The molecule has 0 unspecified atom stereocenters. The van der Waals surface area contributed by atoms with Crippen LogP contribution in [0.1, 0.15) is 5.56 Å². The van der Waals surface area contributed by atoms with E-state index in [4.69, 9.17) is 0 Å². The van der Waals surface area contributed by atoms with Gasteiger partial charge in [-0.05, 0) is 15.9 Å². The SMILES string of the molecule is O=[N+]([O-])c1cc(Br)cnc1-n1cc(C(F)(F)F)cn1. The topological polar surface area (TPSA) is 73.8 Å². The van der Waals surface area contributed by atoms with Crippen LogP contribution >= 0.6 is 15.9 Å². The average molecular weight is 337 g/mol. The predicted molar refractivity (Wildman–Crippen MR) is 60.7 cm³/mol. The van der Waals surface area contributed by atoms with E-state index in [0.717, 1.165) is 6.07 Å². The van der Waals surface area contributed by atoms with Crippen molar-refractivity contribution in [2.45, 2.75) is 6.18 Å². The maximum Gasteiger partial charge on any atom is 0.419 e. The maximum absolute atomic E-state index is 12.4. The second kappa shape index (κ2) is 4.61. The summed E-state index contributed by atoms with van der Waals surface area (Å²) in [5, 5.41) is 14.3. The quantitative estimate of drug-likeness (QED) is 0.624. The number of aromatic nitrogens is 3. The van der Waals surface area contributed by atoms with Crippen LogP contribution in [0.4, 0.5) is 18.9 Å². The number of halogens is 4. The Labute approximate surface area is 112 Å². The van der Waals surface area contributed by atoms with Gasteiger partial charge in [-0.15, -0.1) is 0 Å². The van der Waals surface area contributed by atoms with E-state index in [-0.39, 0.29) is 5.82 Å². The van der Waals surface area contributed by atoms with Crippen molar-refractivity contribution in [3.63, 3.8) is 0 Å². The first-order chi connectivity index (χ1) is 8.79. The number of hydrogen-bond donors (Lipinski definition) is 0. The van der Waals surface area contributed by atoms with Crippen LogP contribution in [-0.2, 0) is 6.18 Å². The van der Waals surface area contributed by atoms with Gasteiger partial charge < -0.3 is 0 Å². The lowest BCUT2D eigenvalue weighted by molar-refractivity contribution is -0.385. The molecule has 0 aliphatic heterocycles. The van der Waals surface area contributed by atoms with Gasteiger partial charge >= 0.3 is 11.9 Å². The highest BCUT2D eigenvalue weighted by Crippen LogP contribution is 2.30. The van der Waals surface area contributed by atoms with Gasteiger partial charge in [-0.1, -0.05) is 0 Å². The lowest BCUT2D eigenvalue weighted by Crippen LogP contribution is -2.05. The van der Waals surface area contributed by atoms with Crippen molar-refractivity contribution in [2.24, 2.45) is 0 Å². The summed E-state index contributed by atoms with van der Waals surface area (Å²) < 4.78 is 38.3. The van der Waals surface area contributed by atoms with Crippen LogP contribution in [0.5, 0.6) is 0 Å². The molecule has 0 radical (unpaired) electrons.